The molecule has 0 fully saturated rings. The average molecular weight is 536 g/mol. The van der Waals surface area contributed by atoms with Gasteiger partial charge in [0.2, 0.25) is 0 Å². The predicted molar refractivity (Wildman–Crippen MR) is 148 cm³/mol. The Kier molecular flexibility index (Phi) is 8.44. The number of carbonyl (C=O) groups is 2. The summed E-state index contributed by atoms with van der Waals surface area (Å²) in [5.41, 5.74) is 4.74. The van der Waals surface area contributed by atoms with Crippen molar-refractivity contribution in [3.8, 4) is 11.1 Å². The minimum Gasteiger partial charge on any atom is -0.465 e. The van der Waals surface area contributed by atoms with Crippen LogP contribution in [0.15, 0.2) is 66.7 Å². The maximum atomic E-state index is 13.3. The van der Waals surface area contributed by atoms with Crippen LogP contribution in [0.5, 0.6) is 0 Å². The SMILES string of the molecule is COC(=O)c1cccc(-c2ccc3c(c2)C[C@@H](N(C[C@@H](O)c2cccc(Cl)c2)C(=O)OC(C)(C)C)CC3)c1. The van der Waals surface area contributed by atoms with Crippen LogP contribution < -0.4 is 0 Å². The summed E-state index contributed by atoms with van der Waals surface area (Å²) < 4.78 is 10.6. The molecule has 0 saturated heterocycles. The van der Waals surface area contributed by atoms with Crippen LogP contribution in [0.1, 0.15) is 60.3 Å². The molecule has 3 aromatic rings. The highest BCUT2D eigenvalue weighted by Crippen LogP contribution is 2.31. The standard InChI is InChI=1S/C31H34ClNO5/c1-31(2,3)38-30(36)33(19-28(34)23-8-6-10-26(32)17-23)27-14-13-20-11-12-22(16-25(20)18-27)21-7-5-9-24(15-21)29(35)37-4/h5-12,15-17,27-28,34H,13-14,18-19H2,1-4H3/t27-,28+/m0/s1. The zero-order chi connectivity index (χ0) is 27.4. The van der Waals surface area contributed by atoms with Crippen LogP contribution in [-0.2, 0) is 22.3 Å². The van der Waals surface area contributed by atoms with Gasteiger partial charge >= 0.3 is 12.1 Å². The molecule has 38 heavy (non-hydrogen) atoms. The first-order valence-corrected chi connectivity index (χ1v) is 13.2. The van der Waals surface area contributed by atoms with Crippen molar-refractivity contribution >= 4 is 23.7 Å². The molecule has 0 heterocycles. The van der Waals surface area contributed by atoms with Gasteiger partial charge in [-0.25, -0.2) is 9.59 Å². The van der Waals surface area contributed by atoms with Crippen molar-refractivity contribution in [3.05, 3.63) is 94.0 Å². The number of benzene rings is 3. The summed E-state index contributed by atoms with van der Waals surface area (Å²) in [5, 5.41) is 11.6. The number of nitrogens with zero attached hydrogens (tertiary/aromatic N) is 1. The smallest absolute Gasteiger partial charge is 0.410 e. The van der Waals surface area contributed by atoms with Crippen LogP contribution in [0, 0.1) is 0 Å². The Balaban J connectivity index is 1.61. The molecule has 4 rings (SSSR count). The molecule has 0 aliphatic heterocycles. The number of aliphatic hydroxyl groups excluding tert-OH is 1. The lowest BCUT2D eigenvalue weighted by molar-refractivity contribution is 0.00195. The Labute approximate surface area is 229 Å². The summed E-state index contributed by atoms with van der Waals surface area (Å²) in [6.45, 7) is 5.60. The molecule has 0 bridgehead atoms. The Morgan fingerprint density at radius 2 is 1.76 bits per heavy atom. The van der Waals surface area contributed by atoms with Crippen molar-refractivity contribution in [1.82, 2.24) is 4.90 Å². The van der Waals surface area contributed by atoms with E-state index in [0.717, 1.165) is 29.5 Å². The molecule has 200 valence electrons. The van der Waals surface area contributed by atoms with Crippen LogP contribution in [0.2, 0.25) is 5.02 Å². The Morgan fingerprint density at radius 3 is 2.47 bits per heavy atom. The number of hydrogen-bond donors (Lipinski definition) is 1. The highest BCUT2D eigenvalue weighted by Gasteiger charge is 2.33. The lowest BCUT2D eigenvalue weighted by Crippen LogP contribution is -2.47. The zero-order valence-corrected chi connectivity index (χ0v) is 23.0. The van der Waals surface area contributed by atoms with E-state index in [0.29, 0.717) is 22.6 Å². The number of rotatable bonds is 6. The fourth-order valence-electron chi connectivity index (χ4n) is 4.83. The number of esters is 1. The largest absolute Gasteiger partial charge is 0.465 e. The van der Waals surface area contributed by atoms with Crippen molar-refractivity contribution in [2.24, 2.45) is 0 Å². The number of carbonyl (C=O) groups excluding carboxylic acids is 2. The first-order chi connectivity index (χ1) is 18.0. The molecule has 0 radical (unpaired) electrons. The minimum atomic E-state index is -0.907. The average Bonchev–Trinajstić information content (AvgIpc) is 2.89. The number of aliphatic hydroxyl groups is 1. The van der Waals surface area contributed by atoms with Gasteiger partial charge in [0.1, 0.15) is 5.60 Å². The molecule has 7 heteroatoms. The third-order valence-corrected chi connectivity index (χ3v) is 6.93. The van der Waals surface area contributed by atoms with Gasteiger partial charge in [0, 0.05) is 11.1 Å². The van der Waals surface area contributed by atoms with Gasteiger partial charge in [-0.3, -0.25) is 0 Å². The third kappa shape index (κ3) is 6.74. The predicted octanol–water partition coefficient (Wildman–Crippen LogP) is 6.62. The minimum absolute atomic E-state index is 0.0934. The van der Waals surface area contributed by atoms with Gasteiger partial charge in [0.15, 0.2) is 0 Å². The lowest BCUT2D eigenvalue weighted by atomic mass is 9.85. The molecule has 1 N–H and O–H groups in total. The molecule has 3 aromatic carbocycles. The summed E-state index contributed by atoms with van der Waals surface area (Å²) >= 11 is 6.14. The second-order valence-electron chi connectivity index (χ2n) is 10.7. The molecule has 1 aliphatic rings. The van der Waals surface area contributed by atoms with E-state index in [-0.39, 0.29) is 18.6 Å². The summed E-state index contributed by atoms with van der Waals surface area (Å²) in [6.07, 6.45) is 0.825. The monoisotopic (exact) mass is 535 g/mol. The van der Waals surface area contributed by atoms with Gasteiger partial charge in [-0.2, -0.15) is 0 Å². The molecule has 0 unspecified atom stereocenters. The molecular formula is C31H34ClNO5. The Bertz CT molecular complexity index is 1320. The fourth-order valence-corrected chi connectivity index (χ4v) is 5.02. The molecule has 2 atom stereocenters. The number of fused-ring (bicyclic) bond motifs is 1. The first kappa shape index (κ1) is 27.7. The second-order valence-corrected chi connectivity index (χ2v) is 11.1. The summed E-state index contributed by atoms with van der Waals surface area (Å²) in [4.78, 5) is 27.0. The van der Waals surface area contributed by atoms with E-state index in [2.05, 4.69) is 18.2 Å². The molecule has 0 aromatic heterocycles. The number of ether oxygens (including phenoxy) is 2. The van der Waals surface area contributed by atoms with E-state index in [9.17, 15) is 14.7 Å². The van der Waals surface area contributed by atoms with Crippen LogP contribution in [-0.4, -0.2) is 47.4 Å². The first-order valence-electron chi connectivity index (χ1n) is 12.8. The topological polar surface area (TPSA) is 76.1 Å². The van der Waals surface area contributed by atoms with E-state index >= 15 is 0 Å². The highest BCUT2D eigenvalue weighted by molar-refractivity contribution is 6.30. The van der Waals surface area contributed by atoms with Crippen molar-refractivity contribution < 1.29 is 24.2 Å². The molecule has 0 spiro atoms. The van der Waals surface area contributed by atoms with Crippen molar-refractivity contribution in [2.45, 2.75) is 57.8 Å². The van der Waals surface area contributed by atoms with Gasteiger partial charge in [-0.1, -0.05) is 54.1 Å². The van der Waals surface area contributed by atoms with Gasteiger partial charge in [0.05, 0.1) is 25.3 Å². The second kappa shape index (κ2) is 11.6. The number of methoxy groups -OCH3 is 1. The van der Waals surface area contributed by atoms with Crippen LogP contribution in [0.25, 0.3) is 11.1 Å². The van der Waals surface area contributed by atoms with Crippen molar-refractivity contribution in [3.63, 3.8) is 0 Å². The van der Waals surface area contributed by atoms with Crippen molar-refractivity contribution in [2.75, 3.05) is 13.7 Å². The van der Waals surface area contributed by atoms with E-state index in [1.165, 1.54) is 12.7 Å². The molecular weight excluding hydrogens is 502 g/mol. The normalized spacial score (nSPS) is 15.8. The van der Waals surface area contributed by atoms with Gasteiger partial charge in [-0.05, 0) is 92.1 Å². The zero-order valence-electron chi connectivity index (χ0n) is 22.2. The van der Waals surface area contributed by atoms with Crippen LogP contribution in [0.4, 0.5) is 4.79 Å². The molecule has 1 amide bonds. The highest BCUT2D eigenvalue weighted by atomic mass is 35.5. The van der Waals surface area contributed by atoms with Gasteiger partial charge in [0.25, 0.3) is 0 Å². The Hall–Kier alpha value is -3.35. The molecule has 6 nitrogen and oxygen atoms in total. The van der Waals surface area contributed by atoms with Crippen molar-refractivity contribution in [1.29, 1.82) is 0 Å². The van der Waals surface area contributed by atoms with Gasteiger partial charge < -0.3 is 19.5 Å². The maximum absolute atomic E-state index is 13.3. The molecule has 0 saturated carbocycles. The van der Waals surface area contributed by atoms with Gasteiger partial charge in [-0.15, -0.1) is 0 Å². The van der Waals surface area contributed by atoms with Crippen LogP contribution >= 0.6 is 11.6 Å². The summed E-state index contributed by atoms with van der Waals surface area (Å²) in [7, 11) is 1.37. The summed E-state index contributed by atoms with van der Waals surface area (Å²) in [5.74, 6) is -0.379. The molecule has 1 aliphatic carbocycles. The van der Waals surface area contributed by atoms with E-state index in [1.807, 2.05) is 39.0 Å². The summed E-state index contributed by atoms with van der Waals surface area (Å²) in [6, 6.07) is 20.5. The van der Waals surface area contributed by atoms with E-state index in [1.54, 1.807) is 35.2 Å². The van der Waals surface area contributed by atoms with Crippen LogP contribution in [0.3, 0.4) is 0 Å². The quantitative estimate of drug-likeness (QED) is 0.359. The number of hydrogen-bond acceptors (Lipinski definition) is 5. The fraction of sp³-hybridized carbons (Fsp3) is 0.355. The number of aryl methyl sites for hydroxylation is 1. The van der Waals surface area contributed by atoms with E-state index in [4.69, 9.17) is 21.1 Å². The number of amides is 1. The lowest BCUT2D eigenvalue weighted by Gasteiger charge is -2.37. The van der Waals surface area contributed by atoms with E-state index < -0.39 is 17.8 Å². The number of halogens is 1. The third-order valence-electron chi connectivity index (χ3n) is 6.70. The maximum Gasteiger partial charge on any atom is 0.410 e. The Morgan fingerprint density at radius 1 is 1.03 bits per heavy atom.